The zero-order chi connectivity index (χ0) is 11.7. The van der Waals surface area contributed by atoms with E-state index in [2.05, 4.69) is 20.9 Å². The molecule has 84 valence electrons. The fourth-order valence-corrected chi connectivity index (χ4v) is 2.27. The number of allylic oxidation sites excluding steroid dienone is 2. The molecule has 2 aromatic rings. The van der Waals surface area contributed by atoms with Gasteiger partial charge in [-0.2, -0.15) is 0 Å². The molecule has 16 heavy (non-hydrogen) atoms. The van der Waals surface area contributed by atoms with Crippen LogP contribution in [0.3, 0.4) is 0 Å². The summed E-state index contributed by atoms with van der Waals surface area (Å²) in [6, 6.07) is 1.97. The van der Waals surface area contributed by atoms with E-state index in [1.807, 2.05) is 38.3 Å². The van der Waals surface area contributed by atoms with E-state index in [0.717, 1.165) is 15.6 Å². The number of halogens is 1. The largest absolute Gasteiger partial charge is 0.354 e. The van der Waals surface area contributed by atoms with Gasteiger partial charge in [0, 0.05) is 28.3 Å². The van der Waals surface area contributed by atoms with Crippen LogP contribution < -0.4 is 5.56 Å². The van der Waals surface area contributed by atoms with Crippen LogP contribution in [0.5, 0.6) is 0 Å². The van der Waals surface area contributed by atoms with Gasteiger partial charge in [-0.3, -0.25) is 4.79 Å². The van der Waals surface area contributed by atoms with Gasteiger partial charge in [0.25, 0.3) is 5.56 Å². The normalized spacial score (nSPS) is 11.7. The molecule has 0 fully saturated rings. The Kier molecular flexibility index (Phi) is 3.01. The van der Waals surface area contributed by atoms with Crippen molar-refractivity contribution in [2.45, 2.75) is 20.4 Å². The Hall–Kier alpha value is -1.29. The van der Waals surface area contributed by atoms with Gasteiger partial charge in [0.1, 0.15) is 5.52 Å². The zero-order valence-electron chi connectivity index (χ0n) is 9.25. The maximum Gasteiger partial charge on any atom is 0.275 e. The van der Waals surface area contributed by atoms with Gasteiger partial charge in [0.05, 0.1) is 0 Å². The minimum Gasteiger partial charge on any atom is -0.354 e. The van der Waals surface area contributed by atoms with E-state index in [-0.39, 0.29) is 5.56 Å². The Morgan fingerprint density at radius 3 is 3.00 bits per heavy atom. The minimum atomic E-state index is 0.0180. The lowest BCUT2D eigenvalue weighted by Crippen LogP contribution is -2.19. The maximum atomic E-state index is 12.1. The lowest BCUT2D eigenvalue weighted by atomic mass is 10.3. The van der Waals surface area contributed by atoms with Crippen LogP contribution in [0, 0.1) is 6.92 Å². The van der Waals surface area contributed by atoms with Crippen LogP contribution in [0.4, 0.5) is 0 Å². The molecule has 0 radical (unpaired) electrons. The number of H-pyrrole nitrogens is 1. The quantitative estimate of drug-likeness (QED) is 0.844. The molecule has 1 N–H and O–H groups in total. The Labute approximate surface area is 102 Å². The lowest BCUT2D eigenvalue weighted by molar-refractivity contribution is 0.783. The first-order valence-corrected chi connectivity index (χ1v) is 5.92. The average Bonchev–Trinajstić information content (AvgIpc) is 2.64. The van der Waals surface area contributed by atoms with Gasteiger partial charge >= 0.3 is 0 Å². The Morgan fingerprint density at radius 1 is 1.56 bits per heavy atom. The van der Waals surface area contributed by atoms with Crippen LogP contribution in [-0.2, 0) is 6.54 Å². The predicted molar refractivity (Wildman–Crippen MR) is 69.8 cm³/mol. The Bertz CT molecular complexity index is 607. The van der Waals surface area contributed by atoms with Crippen molar-refractivity contribution in [3.05, 3.63) is 44.9 Å². The van der Waals surface area contributed by atoms with Gasteiger partial charge < -0.3 is 9.55 Å². The molecular formula is C12H13BrN2O. The average molecular weight is 281 g/mol. The molecule has 0 aliphatic rings. The third-order valence-electron chi connectivity index (χ3n) is 2.49. The Balaban J connectivity index is 2.69. The van der Waals surface area contributed by atoms with Crippen molar-refractivity contribution < 1.29 is 0 Å². The standard InChI is InChI=1S/C12H13BrN2O/c1-3-4-5-15-7-10(13)9-6-8(2)14-11(9)12(15)16/h3-4,6-7,14H,5H2,1-2H3/b4-3+. The molecule has 2 aromatic heterocycles. The highest BCUT2D eigenvalue weighted by Gasteiger charge is 2.08. The summed E-state index contributed by atoms with van der Waals surface area (Å²) >= 11 is 3.48. The van der Waals surface area contributed by atoms with E-state index in [1.165, 1.54) is 0 Å². The van der Waals surface area contributed by atoms with Gasteiger partial charge in [-0.1, -0.05) is 12.2 Å². The molecule has 3 nitrogen and oxygen atoms in total. The highest BCUT2D eigenvalue weighted by Crippen LogP contribution is 2.21. The molecule has 2 rings (SSSR count). The van der Waals surface area contributed by atoms with Crippen molar-refractivity contribution in [3.63, 3.8) is 0 Å². The number of pyridine rings is 1. The van der Waals surface area contributed by atoms with E-state index >= 15 is 0 Å². The number of aryl methyl sites for hydroxylation is 1. The Morgan fingerprint density at radius 2 is 2.31 bits per heavy atom. The second-order valence-corrected chi connectivity index (χ2v) is 4.60. The number of nitrogens with one attached hydrogen (secondary N) is 1. The van der Waals surface area contributed by atoms with Crippen molar-refractivity contribution in [2.75, 3.05) is 0 Å². The molecular weight excluding hydrogens is 268 g/mol. The number of rotatable bonds is 2. The highest BCUT2D eigenvalue weighted by atomic mass is 79.9. The molecule has 0 unspecified atom stereocenters. The van der Waals surface area contributed by atoms with Gasteiger partial charge in [-0.15, -0.1) is 0 Å². The predicted octanol–water partition coefficient (Wildman–Crippen LogP) is 2.98. The smallest absolute Gasteiger partial charge is 0.275 e. The van der Waals surface area contributed by atoms with Crippen molar-refractivity contribution in [2.24, 2.45) is 0 Å². The summed E-state index contributed by atoms with van der Waals surface area (Å²) in [5.74, 6) is 0. The molecule has 0 aliphatic heterocycles. The van der Waals surface area contributed by atoms with Crippen LogP contribution in [-0.4, -0.2) is 9.55 Å². The zero-order valence-corrected chi connectivity index (χ0v) is 10.8. The summed E-state index contributed by atoms with van der Waals surface area (Å²) in [4.78, 5) is 15.2. The number of nitrogens with zero attached hydrogens (tertiary/aromatic N) is 1. The number of hydrogen-bond donors (Lipinski definition) is 1. The summed E-state index contributed by atoms with van der Waals surface area (Å²) in [6.45, 7) is 4.49. The van der Waals surface area contributed by atoms with E-state index in [4.69, 9.17) is 0 Å². The molecule has 4 heteroatoms. The van der Waals surface area contributed by atoms with Gasteiger partial charge in [0.15, 0.2) is 0 Å². The van der Waals surface area contributed by atoms with Crippen molar-refractivity contribution >= 4 is 26.8 Å². The molecule has 0 spiro atoms. The summed E-state index contributed by atoms with van der Waals surface area (Å²) in [5.41, 5.74) is 1.68. The number of hydrogen-bond acceptors (Lipinski definition) is 1. The summed E-state index contributed by atoms with van der Waals surface area (Å²) < 4.78 is 2.62. The molecule has 0 aliphatic carbocycles. The second-order valence-electron chi connectivity index (χ2n) is 3.74. The maximum absolute atomic E-state index is 12.1. The SMILES string of the molecule is C/C=C/Cn1cc(Br)c2cc(C)[nH]c2c1=O. The first kappa shape index (κ1) is 11.2. The first-order chi connectivity index (χ1) is 7.63. The van der Waals surface area contributed by atoms with Crippen molar-refractivity contribution in [1.82, 2.24) is 9.55 Å². The topological polar surface area (TPSA) is 37.8 Å². The third-order valence-corrected chi connectivity index (χ3v) is 3.12. The van der Waals surface area contributed by atoms with Crippen molar-refractivity contribution in [1.29, 1.82) is 0 Å². The molecule has 0 amide bonds. The van der Waals surface area contributed by atoms with Crippen molar-refractivity contribution in [3.8, 4) is 0 Å². The summed E-state index contributed by atoms with van der Waals surface area (Å²) in [5, 5.41) is 0.944. The number of aromatic amines is 1. The second kappa shape index (κ2) is 4.29. The fraction of sp³-hybridized carbons (Fsp3) is 0.250. The number of aromatic nitrogens is 2. The first-order valence-electron chi connectivity index (χ1n) is 5.13. The fourth-order valence-electron chi connectivity index (χ4n) is 1.71. The molecule has 0 bridgehead atoms. The lowest BCUT2D eigenvalue weighted by Gasteiger charge is -2.03. The third kappa shape index (κ3) is 1.85. The molecule has 0 atom stereocenters. The molecule has 2 heterocycles. The molecule has 0 saturated heterocycles. The molecule has 0 aromatic carbocycles. The van der Waals surface area contributed by atoms with E-state index < -0.39 is 0 Å². The van der Waals surface area contributed by atoms with E-state index in [9.17, 15) is 4.79 Å². The minimum absolute atomic E-state index is 0.0180. The van der Waals surface area contributed by atoms with Crippen LogP contribution in [0.2, 0.25) is 0 Å². The van der Waals surface area contributed by atoms with Gasteiger partial charge in [0.2, 0.25) is 0 Å². The van der Waals surface area contributed by atoms with Crippen LogP contribution in [0.1, 0.15) is 12.6 Å². The van der Waals surface area contributed by atoms with Gasteiger partial charge in [-0.25, -0.2) is 0 Å². The number of fused-ring (bicyclic) bond motifs is 1. The molecule has 0 saturated carbocycles. The highest BCUT2D eigenvalue weighted by molar-refractivity contribution is 9.10. The van der Waals surface area contributed by atoms with Crippen LogP contribution in [0.15, 0.2) is 33.7 Å². The van der Waals surface area contributed by atoms with E-state index in [1.54, 1.807) is 4.57 Å². The van der Waals surface area contributed by atoms with Crippen LogP contribution >= 0.6 is 15.9 Å². The summed E-state index contributed by atoms with van der Waals surface area (Å²) in [7, 11) is 0. The monoisotopic (exact) mass is 280 g/mol. The summed E-state index contributed by atoms with van der Waals surface area (Å²) in [6.07, 6.45) is 5.72. The van der Waals surface area contributed by atoms with Crippen LogP contribution in [0.25, 0.3) is 10.9 Å². The van der Waals surface area contributed by atoms with Gasteiger partial charge in [-0.05, 0) is 35.8 Å². The van der Waals surface area contributed by atoms with E-state index in [0.29, 0.717) is 12.1 Å².